The maximum Gasteiger partial charge on any atom is 0.303 e. The lowest BCUT2D eigenvalue weighted by Crippen LogP contribution is -2.43. The second-order valence-corrected chi connectivity index (χ2v) is 5.92. The van der Waals surface area contributed by atoms with Crippen molar-refractivity contribution in [2.45, 2.75) is 58.0 Å². The highest BCUT2D eigenvalue weighted by Gasteiger charge is 2.30. The molecule has 1 aliphatic rings. The van der Waals surface area contributed by atoms with Crippen LogP contribution in [0.1, 0.15) is 46.5 Å². The van der Waals surface area contributed by atoms with E-state index in [0.29, 0.717) is 12.8 Å². The molecule has 0 bridgehead atoms. The summed E-state index contributed by atoms with van der Waals surface area (Å²) in [6, 6.07) is 0.210. The summed E-state index contributed by atoms with van der Waals surface area (Å²) in [5.74, 6) is -0.875. The van der Waals surface area contributed by atoms with Gasteiger partial charge in [0.15, 0.2) is 0 Å². The molecule has 0 aliphatic carbocycles. The van der Waals surface area contributed by atoms with Crippen LogP contribution in [0.15, 0.2) is 0 Å². The third kappa shape index (κ3) is 5.04. The van der Waals surface area contributed by atoms with Crippen LogP contribution in [0.3, 0.4) is 0 Å². The molecule has 0 unspecified atom stereocenters. The van der Waals surface area contributed by atoms with E-state index in [2.05, 4.69) is 31.0 Å². The summed E-state index contributed by atoms with van der Waals surface area (Å²) in [5.41, 5.74) is 0.142. The van der Waals surface area contributed by atoms with Crippen LogP contribution in [0.2, 0.25) is 0 Å². The fourth-order valence-electron chi connectivity index (χ4n) is 2.19. The molecule has 104 valence electrons. The molecule has 1 saturated heterocycles. The number of hydrogen-bond acceptors (Lipinski definition) is 3. The first kappa shape index (κ1) is 15.0. The first-order valence-electron chi connectivity index (χ1n) is 6.55. The molecule has 0 spiro atoms. The molecule has 18 heavy (non-hydrogen) atoms. The second kappa shape index (κ2) is 6.18. The number of nitrogens with zero attached hydrogens (tertiary/aromatic N) is 1. The van der Waals surface area contributed by atoms with Crippen LogP contribution >= 0.6 is 0 Å². The number of likely N-dealkylation sites (tertiary alicyclic amines) is 1. The summed E-state index contributed by atoms with van der Waals surface area (Å²) < 4.78 is 0. The van der Waals surface area contributed by atoms with Gasteiger partial charge in [-0.3, -0.25) is 14.5 Å². The quantitative estimate of drug-likeness (QED) is 0.776. The smallest absolute Gasteiger partial charge is 0.303 e. The van der Waals surface area contributed by atoms with Crippen molar-refractivity contribution >= 4 is 11.9 Å². The second-order valence-electron chi connectivity index (χ2n) is 5.92. The van der Waals surface area contributed by atoms with Gasteiger partial charge in [0.2, 0.25) is 5.91 Å². The summed E-state index contributed by atoms with van der Waals surface area (Å²) in [6.07, 6.45) is 1.75. The number of aliphatic carboxylic acids is 1. The Hall–Kier alpha value is -1.10. The van der Waals surface area contributed by atoms with Crippen LogP contribution in [-0.4, -0.2) is 46.6 Å². The molecule has 5 nitrogen and oxygen atoms in total. The highest BCUT2D eigenvalue weighted by atomic mass is 16.4. The molecule has 1 fully saturated rings. The summed E-state index contributed by atoms with van der Waals surface area (Å²) in [4.78, 5) is 24.3. The molecule has 1 rings (SSSR count). The van der Waals surface area contributed by atoms with E-state index < -0.39 is 5.97 Å². The van der Waals surface area contributed by atoms with Gasteiger partial charge in [-0.1, -0.05) is 0 Å². The van der Waals surface area contributed by atoms with Crippen molar-refractivity contribution in [2.75, 3.05) is 13.1 Å². The molecule has 1 atom stereocenters. The van der Waals surface area contributed by atoms with Crippen LogP contribution in [0, 0.1) is 0 Å². The van der Waals surface area contributed by atoms with Crippen LogP contribution in [-0.2, 0) is 9.59 Å². The molecule has 2 N–H and O–H groups in total. The summed E-state index contributed by atoms with van der Waals surface area (Å²) in [6.45, 7) is 8.40. The van der Waals surface area contributed by atoms with E-state index in [4.69, 9.17) is 5.11 Å². The Morgan fingerprint density at radius 2 is 2.00 bits per heavy atom. The summed E-state index contributed by atoms with van der Waals surface area (Å²) in [7, 11) is 0. The molecule has 1 amide bonds. The molecule has 0 saturated carbocycles. The molecule has 0 aromatic rings. The number of carboxylic acid groups (broad SMARTS) is 1. The van der Waals surface area contributed by atoms with E-state index in [9.17, 15) is 9.59 Å². The molecule has 1 heterocycles. The normalized spacial score (nSPS) is 20.9. The fourth-order valence-corrected chi connectivity index (χ4v) is 2.19. The number of amides is 1. The minimum atomic E-state index is -0.845. The zero-order valence-corrected chi connectivity index (χ0v) is 11.5. The standard InChI is InChI=1S/C13H24N2O3/c1-13(2,3)15-8-7-10(9-15)14-11(16)5-4-6-12(17)18/h10H,4-9H2,1-3H3,(H,14,16)(H,17,18)/t10-/m1/s1. The molecule has 0 aromatic heterocycles. The number of carboxylic acids is 1. The molecule has 1 aliphatic heterocycles. The van der Waals surface area contributed by atoms with Crippen LogP contribution in [0.25, 0.3) is 0 Å². The van der Waals surface area contributed by atoms with Gasteiger partial charge in [-0.2, -0.15) is 0 Å². The average Bonchev–Trinajstić information content (AvgIpc) is 2.64. The maximum atomic E-state index is 11.6. The van der Waals surface area contributed by atoms with Gasteiger partial charge >= 0.3 is 5.97 Å². The number of carbonyl (C=O) groups excluding carboxylic acids is 1. The lowest BCUT2D eigenvalue weighted by atomic mass is 10.1. The van der Waals surface area contributed by atoms with Gasteiger partial charge in [0, 0.05) is 37.5 Å². The van der Waals surface area contributed by atoms with Gasteiger partial charge in [-0.05, 0) is 33.6 Å². The predicted molar refractivity (Wildman–Crippen MR) is 69.4 cm³/mol. The Morgan fingerprint density at radius 1 is 1.33 bits per heavy atom. The zero-order chi connectivity index (χ0) is 13.8. The minimum absolute atomic E-state index is 0.0305. The van der Waals surface area contributed by atoms with Crippen molar-refractivity contribution in [1.82, 2.24) is 10.2 Å². The van der Waals surface area contributed by atoms with Crippen molar-refractivity contribution in [2.24, 2.45) is 0 Å². The highest BCUT2D eigenvalue weighted by Crippen LogP contribution is 2.20. The van der Waals surface area contributed by atoms with Crippen molar-refractivity contribution in [1.29, 1.82) is 0 Å². The van der Waals surface area contributed by atoms with Gasteiger partial charge in [-0.15, -0.1) is 0 Å². The van der Waals surface area contributed by atoms with Gasteiger partial charge < -0.3 is 10.4 Å². The zero-order valence-electron chi connectivity index (χ0n) is 11.5. The Kier molecular flexibility index (Phi) is 5.14. The SMILES string of the molecule is CC(C)(C)N1CC[C@@H](NC(=O)CCCC(=O)O)C1. The van der Waals surface area contributed by atoms with Gasteiger partial charge in [-0.25, -0.2) is 0 Å². The third-order valence-electron chi connectivity index (χ3n) is 3.30. The van der Waals surface area contributed by atoms with E-state index in [1.807, 2.05) is 0 Å². The first-order valence-corrected chi connectivity index (χ1v) is 6.55. The number of carbonyl (C=O) groups is 2. The molecular weight excluding hydrogens is 232 g/mol. The predicted octanol–water partition coefficient (Wildman–Crippen LogP) is 1.23. The summed E-state index contributed by atoms with van der Waals surface area (Å²) in [5, 5.41) is 11.5. The van der Waals surface area contributed by atoms with E-state index in [1.165, 1.54) is 0 Å². The van der Waals surface area contributed by atoms with Crippen molar-refractivity contribution in [3.63, 3.8) is 0 Å². The first-order chi connectivity index (χ1) is 8.29. The Labute approximate surface area is 109 Å². The van der Waals surface area contributed by atoms with E-state index in [1.54, 1.807) is 0 Å². The van der Waals surface area contributed by atoms with Crippen molar-refractivity contribution < 1.29 is 14.7 Å². The maximum absolute atomic E-state index is 11.6. The largest absolute Gasteiger partial charge is 0.481 e. The number of nitrogens with one attached hydrogen (secondary N) is 1. The monoisotopic (exact) mass is 256 g/mol. The topological polar surface area (TPSA) is 69.6 Å². The van der Waals surface area contributed by atoms with Crippen molar-refractivity contribution in [3.8, 4) is 0 Å². The van der Waals surface area contributed by atoms with Crippen LogP contribution in [0.4, 0.5) is 0 Å². The molecule has 5 heteroatoms. The lowest BCUT2D eigenvalue weighted by molar-refractivity contribution is -0.137. The van der Waals surface area contributed by atoms with Gasteiger partial charge in [0.05, 0.1) is 0 Å². The fraction of sp³-hybridized carbons (Fsp3) is 0.846. The molecular formula is C13H24N2O3. The molecule has 0 aromatic carbocycles. The summed E-state index contributed by atoms with van der Waals surface area (Å²) >= 11 is 0. The number of hydrogen-bond donors (Lipinski definition) is 2. The average molecular weight is 256 g/mol. The van der Waals surface area contributed by atoms with Crippen LogP contribution < -0.4 is 5.32 Å². The number of rotatable bonds is 5. The Morgan fingerprint density at radius 3 is 2.50 bits per heavy atom. The Balaban J connectivity index is 2.24. The van der Waals surface area contributed by atoms with E-state index in [-0.39, 0.29) is 23.9 Å². The Bertz CT molecular complexity index is 310. The third-order valence-corrected chi connectivity index (χ3v) is 3.30. The van der Waals surface area contributed by atoms with E-state index in [0.717, 1.165) is 19.5 Å². The van der Waals surface area contributed by atoms with Gasteiger partial charge in [0.1, 0.15) is 0 Å². The molecule has 0 radical (unpaired) electrons. The van der Waals surface area contributed by atoms with E-state index >= 15 is 0 Å². The van der Waals surface area contributed by atoms with Crippen molar-refractivity contribution in [3.05, 3.63) is 0 Å². The van der Waals surface area contributed by atoms with Crippen LogP contribution in [0.5, 0.6) is 0 Å². The van der Waals surface area contributed by atoms with Gasteiger partial charge in [0.25, 0.3) is 0 Å². The lowest BCUT2D eigenvalue weighted by Gasteiger charge is -2.31. The highest BCUT2D eigenvalue weighted by molar-refractivity contribution is 5.77. The minimum Gasteiger partial charge on any atom is -0.481 e.